The van der Waals surface area contributed by atoms with Crippen molar-refractivity contribution in [3.05, 3.63) is 18.1 Å². The lowest BCUT2D eigenvalue weighted by Crippen LogP contribution is -2.43. The lowest BCUT2D eigenvalue weighted by atomic mass is 10.00. The lowest BCUT2D eigenvalue weighted by molar-refractivity contribution is 0.377. The van der Waals surface area contributed by atoms with E-state index in [4.69, 9.17) is 0 Å². The van der Waals surface area contributed by atoms with Crippen molar-refractivity contribution >= 4 is 5.82 Å². The van der Waals surface area contributed by atoms with Crippen molar-refractivity contribution in [2.75, 3.05) is 5.32 Å². The fraction of sp³-hybridized carbons (Fsp3) is 0.667. The zero-order valence-electron chi connectivity index (χ0n) is 9.61. The second kappa shape index (κ2) is 4.01. The Balaban J connectivity index is 1.67. The normalized spacial score (nSPS) is 32.7. The van der Waals surface area contributed by atoms with Gasteiger partial charge in [0.05, 0.1) is 0 Å². The average molecular weight is 218 g/mol. The number of anilines is 1. The Hall–Kier alpha value is -1.16. The standard InChI is InChI=1S/C12H18N4/c1-8-4-12(14-7-13-8)16-11-5-9-2-3-10(6-11)15-9/h4,7,9-11,15H,2-3,5-6H2,1H3,(H,13,14,16). The van der Waals surface area contributed by atoms with Crippen LogP contribution in [-0.4, -0.2) is 28.1 Å². The van der Waals surface area contributed by atoms with Crippen molar-refractivity contribution in [2.24, 2.45) is 0 Å². The highest BCUT2D eigenvalue weighted by Crippen LogP contribution is 2.28. The van der Waals surface area contributed by atoms with E-state index >= 15 is 0 Å². The number of aromatic nitrogens is 2. The Morgan fingerprint density at radius 2 is 2.00 bits per heavy atom. The Bertz CT molecular complexity index is 367. The molecule has 0 spiro atoms. The number of rotatable bonds is 2. The molecule has 2 atom stereocenters. The first kappa shape index (κ1) is 10.0. The molecule has 2 bridgehead atoms. The molecule has 1 aromatic heterocycles. The average Bonchev–Trinajstić information content (AvgIpc) is 2.58. The molecule has 4 heteroatoms. The van der Waals surface area contributed by atoms with Crippen LogP contribution in [0.25, 0.3) is 0 Å². The number of nitrogens with one attached hydrogen (secondary N) is 2. The van der Waals surface area contributed by atoms with Gasteiger partial charge in [-0.3, -0.25) is 0 Å². The minimum absolute atomic E-state index is 0.577. The molecule has 3 rings (SSSR count). The summed E-state index contributed by atoms with van der Waals surface area (Å²) in [5.41, 5.74) is 1.02. The summed E-state index contributed by atoms with van der Waals surface area (Å²) >= 11 is 0. The minimum Gasteiger partial charge on any atom is -0.367 e. The summed E-state index contributed by atoms with van der Waals surface area (Å²) in [5, 5.41) is 7.18. The summed E-state index contributed by atoms with van der Waals surface area (Å²) in [7, 11) is 0. The van der Waals surface area contributed by atoms with Gasteiger partial charge in [-0.1, -0.05) is 0 Å². The first-order chi connectivity index (χ1) is 7.79. The predicted molar refractivity (Wildman–Crippen MR) is 63.4 cm³/mol. The monoisotopic (exact) mass is 218 g/mol. The van der Waals surface area contributed by atoms with Crippen LogP contribution < -0.4 is 10.6 Å². The molecule has 2 N–H and O–H groups in total. The van der Waals surface area contributed by atoms with Crippen molar-refractivity contribution in [1.82, 2.24) is 15.3 Å². The van der Waals surface area contributed by atoms with Crippen LogP contribution in [0, 0.1) is 6.92 Å². The molecule has 2 aliphatic rings. The van der Waals surface area contributed by atoms with E-state index in [9.17, 15) is 0 Å². The summed E-state index contributed by atoms with van der Waals surface area (Å²) in [6.07, 6.45) is 6.75. The third-order valence-corrected chi connectivity index (χ3v) is 3.63. The molecule has 2 aliphatic heterocycles. The van der Waals surface area contributed by atoms with Crippen molar-refractivity contribution in [2.45, 2.75) is 50.7 Å². The maximum Gasteiger partial charge on any atom is 0.129 e. The molecule has 1 aromatic rings. The third kappa shape index (κ3) is 2.02. The Labute approximate surface area is 95.9 Å². The predicted octanol–water partition coefficient (Wildman–Crippen LogP) is 1.48. The van der Waals surface area contributed by atoms with Gasteiger partial charge in [0.2, 0.25) is 0 Å². The highest BCUT2D eigenvalue weighted by molar-refractivity contribution is 5.36. The number of aryl methyl sites for hydroxylation is 1. The van der Waals surface area contributed by atoms with Crippen molar-refractivity contribution in [1.29, 1.82) is 0 Å². The number of hydrogen-bond donors (Lipinski definition) is 2. The van der Waals surface area contributed by atoms with Gasteiger partial charge in [0.1, 0.15) is 12.1 Å². The molecule has 0 amide bonds. The van der Waals surface area contributed by atoms with Gasteiger partial charge in [-0.15, -0.1) is 0 Å². The van der Waals surface area contributed by atoms with Gasteiger partial charge < -0.3 is 10.6 Å². The van der Waals surface area contributed by atoms with E-state index in [2.05, 4.69) is 20.6 Å². The summed E-state index contributed by atoms with van der Waals surface area (Å²) in [5.74, 6) is 0.971. The van der Waals surface area contributed by atoms with Crippen LogP contribution in [0.5, 0.6) is 0 Å². The number of piperidine rings is 1. The van der Waals surface area contributed by atoms with Crippen molar-refractivity contribution < 1.29 is 0 Å². The molecule has 0 saturated carbocycles. The number of nitrogens with zero attached hydrogens (tertiary/aromatic N) is 2. The van der Waals surface area contributed by atoms with Gasteiger partial charge in [0.15, 0.2) is 0 Å². The van der Waals surface area contributed by atoms with Gasteiger partial charge >= 0.3 is 0 Å². The van der Waals surface area contributed by atoms with E-state index in [0.29, 0.717) is 6.04 Å². The molecule has 0 radical (unpaired) electrons. The molecular weight excluding hydrogens is 200 g/mol. The van der Waals surface area contributed by atoms with Crippen LogP contribution in [0.2, 0.25) is 0 Å². The van der Waals surface area contributed by atoms with Crippen LogP contribution in [0.1, 0.15) is 31.4 Å². The second-order valence-corrected chi connectivity index (χ2v) is 5.00. The third-order valence-electron chi connectivity index (χ3n) is 3.63. The van der Waals surface area contributed by atoms with E-state index in [1.807, 2.05) is 13.0 Å². The van der Waals surface area contributed by atoms with Gasteiger partial charge in [-0.25, -0.2) is 9.97 Å². The van der Waals surface area contributed by atoms with E-state index in [1.54, 1.807) is 6.33 Å². The zero-order chi connectivity index (χ0) is 11.0. The highest BCUT2D eigenvalue weighted by atomic mass is 15.1. The number of fused-ring (bicyclic) bond motifs is 2. The Kier molecular flexibility index (Phi) is 2.52. The molecule has 2 saturated heterocycles. The van der Waals surface area contributed by atoms with Crippen molar-refractivity contribution in [3.8, 4) is 0 Å². The van der Waals surface area contributed by atoms with Crippen LogP contribution in [0.15, 0.2) is 12.4 Å². The first-order valence-electron chi connectivity index (χ1n) is 6.11. The van der Waals surface area contributed by atoms with Crippen LogP contribution in [-0.2, 0) is 0 Å². The van der Waals surface area contributed by atoms with Gasteiger partial charge in [0, 0.05) is 29.9 Å². The van der Waals surface area contributed by atoms with Crippen LogP contribution in [0.3, 0.4) is 0 Å². The van der Waals surface area contributed by atoms with E-state index in [1.165, 1.54) is 25.7 Å². The maximum absolute atomic E-state index is 4.26. The summed E-state index contributed by atoms with van der Waals surface area (Å²) < 4.78 is 0. The highest BCUT2D eigenvalue weighted by Gasteiger charge is 2.33. The van der Waals surface area contributed by atoms with E-state index in [-0.39, 0.29) is 0 Å². The van der Waals surface area contributed by atoms with Gasteiger partial charge in [-0.2, -0.15) is 0 Å². The quantitative estimate of drug-likeness (QED) is 0.789. The number of hydrogen-bond acceptors (Lipinski definition) is 4. The lowest BCUT2D eigenvalue weighted by Gasteiger charge is -2.30. The summed E-state index contributed by atoms with van der Waals surface area (Å²) in [4.78, 5) is 8.37. The summed E-state index contributed by atoms with van der Waals surface area (Å²) in [6.45, 7) is 2.00. The molecule has 2 fully saturated rings. The molecule has 16 heavy (non-hydrogen) atoms. The smallest absolute Gasteiger partial charge is 0.129 e. The Morgan fingerprint density at radius 1 is 1.25 bits per heavy atom. The second-order valence-electron chi connectivity index (χ2n) is 5.00. The first-order valence-corrected chi connectivity index (χ1v) is 6.11. The van der Waals surface area contributed by atoms with Gasteiger partial charge in [-0.05, 0) is 32.6 Å². The molecule has 3 heterocycles. The molecule has 2 unspecified atom stereocenters. The van der Waals surface area contributed by atoms with Gasteiger partial charge in [0.25, 0.3) is 0 Å². The van der Waals surface area contributed by atoms with Crippen LogP contribution >= 0.6 is 0 Å². The van der Waals surface area contributed by atoms with E-state index in [0.717, 1.165) is 23.6 Å². The largest absolute Gasteiger partial charge is 0.367 e. The fourth-order valence-corrected chi connectivity index (χ4v) is 2.92. The molecule has 0 aromatic carbocycles. The fourth-order valence-electron chi connectivity index (χ4n) is 2.92. The minimum atomic E-state index is 0.577. The molecule has 0 aliphatic carbocycles. The maximum atomic E-state index is 4.26. The van der Waals surface area contributed by atoms with E-state index < -0.39 is 0 Å². The topological polar surface area (TPSA) is 49.8 Å². The van der Waals surface area contributed by atoms with Crippen molar-refractivity contribution in [3.63, 3.8) is 0 Å². The molecular formula is C12H18N4. The molecule has 86 valence electrons. The van der Waals surface area contributed by atoms with Crippen LogP contribution in [0.4, 0.5) is 5.82 Å². The molecule has 4 nitrogen and oxygen atoms in total. The SMILES string of the molecule is Cc1cc(NC2CC3CCC(C2)N3)ncn1. The Morgan fingerprint density at radius 3 is 2.69 bits per heavy atom. The zero-order valence-corrected chi connectivity index (χ0v) is 9.61. The summed E-state index contributed by atoms with van der Waals surface area (Å²) in [6, 6.07) is 4.04.